The third kappa shape index (κ3) is 5.10. The molecule has 9 nitrogen and oxygen atoms in total. The molecule has 0 aliphatic rings. The van der Waals surface area contributed by atoms with Gasteiger partial charge in [0.2, 0.25) is 0 Å². The zero-order valence-electron chi connectivity index (χ0n) is 23.6. The number of hydrogen-bond acceptors (Lipinski definition) is 7. The highest BCUT2D eigenvalue weighted by molar-refractivity contribution is 7.20. The lowest BCUT2D eigenvalue weighted by Crippen LogP contribution is -2.27. The molecule has 1 N–H and O–H groups in total. The van der Waals surface area contributed by atoms with Crippen molar-refractivity contribution in [1.82, 2.24) is 14.1 Å². The van der Waals surface area contributed by atoms with Gasteiger partial charge in [-0.3, -0.25) is 14.2 Å². The first-order valence-corrected chi connectivity index (χ1v) is 14.2. The molecule has 44 heavy (non-hydrogen) atoms. The molecule has 5 aromatic rings. The Labute approximate surface area is 255 Å². The third-order valence-corrected chi connectivity index (χ3v) is 8.69. The molecular formula is C30H22ClF3N4O5S. The van der Waals surface area contributed by atoms with Crippen molar-refractivity contribution < 1.29 is 27.8 Å². The maximum absolute atomic E-state index is 13.6. The lowest BCUT2D eigenvalue weighted by Gasteiger charge is -2.17. The van der Waals surface area contributed by atoms with Crippen molar-refractivity contribution in [3.8, 4) is 22.9 Å². The van der Waals surface area contributed by atoms with Crippen molar-refractivity contribution in [1.29, 1.82) is 5.26 Å². The Balaban J connectivity index is 1.56. The second-order valence-corrected chi connectivity index (χ2v) is 11.7. The number of fused-ring (bicyclic) bond motifs is 2. The highest BCUT2D eigenvalue weighted by Gasteiger charge is 2.35. The molecule has 0 amide bonds. The summed E-state index contributed by atoms with van der Waals surface area (Å²) in [4.78, 5) is 43.0. The van der Waals surface area contributed by atoms with Gasteiger partial charge >= 0.3 is 12.1 Å². The first-order chi connectivity index (χ1) is 20.6. The average molecular weight is 643 g/mol. The molecule has 0 atom stereocenters. The second kappa shape index (κ2) is 11.1. The number of hydrogen-bond donors (Lipinski definition) is 1. The zero-order valence-corrected chi connectivity index (χ0v) is 25.2. The van der Waals surface area contributed by atoms with Gasteiger partial charge in [-0.2, -0.15) is 18.4 Å². The maximum atomic E-state index is 13.6. The number of aromatic carboxylic acids is 1. The van der Waals surface area contributed by atoms with Crippen LogP contribution >= 0.6 is 22.9 Å². The molecular weight excluding hydrogens is 621 g/mol. The highest BCUT2D eigenvalue weighted by Crippen LogP contribution is 2.41. The fourth-order valence-corrected chi connectivity index (χ4v) is 6.58. The molecule has 0 radical (unpaired) electrons. The molecule has 0 aliphatic heterocycles. The molecule has 3 heterocycles. The van der Waals surface area contributed by atoms with Gasteiger partial charge in [0.15, 0.2) is 0 Å². The van der Waals surface area contributed by atoms with Gasteiger partial charge in [-0.05, 0) is 50.6 Å². The van der Waals surface area contributed by atoms with E-state index in [0.29, 0.717) is 31.5 Å². The number of thiophene rings is 1. The smallest absolute Gasteiger partial charge is 0.416 e. The minimum absolute atomic E-state index is 0.0626. The van der Waals surface area contributed by atoms with Crippen LogP contribution in [-0.2, 0) is 19.8 Å². The summed E-state index contributed by atoms with van der Waals surface area (Å²) in [6.07, 6.45) is -3.17. The van der Waals surface area contributed by atoms with Crippen LogP contribution in [0.4, 0.5) is 13.2 Å². The SMILES string of the molecule is Cc1sc2c(-c3cc(Cl)ccc3OCCn3c(C)nc4cc(C(F)(F)F)c(C)c(C#N)c4c3=O)cn(C)c(=O)c2c1C(=O)O. The van der Waals surface area contributed by atoms with Gasteiger partial charge < -0.3 is 14.4 Å². The van der Waals surface area contributed by atoms with E-state index in [4.69, 9.17) is 16.3 Å². The molecule has 226 valence electrons. The van der Waals surface area contributed by atoms with Crippen molar-refractivity contribution in [2.75, 3.05) is 6.61 Å². The second-order valence-electron chi connectivity index (χ2n) is 10.0. The normalized spacial score (nSPS) is 11.7. The van der Waals surface area contributed by atoms with Crippen molar-refractivity contribution in [2.24, 2.45) is 7.05 Å². The zero-order chi connectivity index (χ0) is 32.2. The molecule has 0 saturated heterocycles. The quantitative estimate of drug-likeness (QED) is 0.233. The van der Waals surface area contributed by atoms with Crippen molar-refractivity contribution >= 4 is 49.9 Å². The lowest BCUT2D eigenvalue weighted by molar-refractivity contribution is -0.138. The van der Waals surface area contributed by atoms with E-state index in [-0.39, 0.29) is 46.4 Å². The number of benzene rings is 2. The van der Waals surface area contributed by atoms with Crippen LogP contribution < -0.4 is 15.9 Å². The van der Waals surface area contributed by atoms with Gasteiger partial charge in [0.1, 0.15) is 24.3 Å². The number of carbonyl (C=O) groups is 1. The highest BCUT2D eigenvalue weighted by atomic mass is 35.5. The number of carboxylic acid groups (broad SMARTS) is 1. The van der Waals surface area contributed by atoms with E-state index >= 15 is 0 Å². The fraction of sp³-hybridized carbons (Fsp3) is 0.233. The van der Waals surface area contributed by atoms with Crippen LogP contribution in [0, 0.1) is 32.1 Å². The molecule has 0 saturated carbocycles. The summed E-state index contributed by atoms with van der Waals surface area (Å²) in [5.74, 6) is -0.779. The number of pyridine rings is 1. The number of halogens is 4. The Morgan fingerprint density at radius 2 is 1.84 bits per heavy atom. The number of nitrogens with zero attached hydrogens (tertiary/aromatic N) is 4. The van der Waals surface area contributed by atoms with Gasteiger partial charge in [0.05, 0.1) is 44.2 Å². The standard InChI is InChI=1S/C30H22ClF3N4O5S/c1-13-18(11-35)24-21(10-20(13)30(32,33)34)36-15(3)38(28(24)40)7-8-43-22-6-5-16(31)9-17(22)19-12-37(4)27(39)25-23(29(41)42)14(2)44-26(19)25/h5-6,9-10,12H,7-8H2,1-4H3,(H,41,42). The van der Waals surface area contributed by atoms with Crippen molar-refractivity contribution in [3.05, 3.63) is 89.1 Å². The van der Waals surface area contributed by atoms with E-state index in [0.717, 1.165) is 24.3 Å². The van der Waals surface area contributed by atoms with Crippen LogP contribution in [0.25, 0.3) is 32.1 Å². The molecule has 14 heteroatoms. The summed E-state index contributed by atoms with van der Waals surface area (Å²) in [5, 5.41) is 19.6. The van der Waals surface area contributed by atoms with Crippen LogP contribution in [0.5, 0.6) is 5.75 Å². The third-order valence-electron chi connectivity index (χ3n) is 7.32. The van der Waals surface area contributed by atoms with Gasteiger partial charge in [0.25, 0.3) is 11.1 Å². The predicted molar refractivity (Wildman–Crippen MR) is 160 cm³/mol. The van der Waals surface area contributed by atoms with Gasteiger partial charge in [0, 0.05) is 34.3 Å². The number of ether oxygens (including phenoxy) is 1. The number of alkyl halides is 3. The summed E-state index contributed by atoms with van der Waals surface area (Å²) >= 11 is 7.47. The number of carboxylic acids is 1. The molecule has 2 aromatic carbocycles. The Morgan fingerprint density at radius 3 is 2.48 bits per heavy atom. The topological polar surface area (TPSA) is 127 Å². The van der Waals surface area contributed by atoms with Gasteiger partial charge in [-0.1, -0.05) is 11.6 Å². The Kier molecular flexibility index (Phi) is 7.77. The van der Waals surface area contributed by atoms with E-state index in [9.17, 15) is 37.9 Å². The van der Waals surface area contributed by atoms with Crippen molar-refractivity contribution in [3.63, 3.8) is 0 Å². The average Bonchev–Trinajstić information content (AvgIpc) is 3.30. The Bertz CT molecular complexity index is 2200. The summed E-state index contributed by atoms with van der Waals surface area (Å²) in [6.45, 7) is 4.06. The largest absolute Gasteiger partial charge is 0.491 e. The fourth-order valence-electron chi connectivity index (χ4n) is 5.25. The molecule has 0 unspecified atom stereocenters. The van der Waals surface area contributed by atoms with E-state index < -0.39 is 34.4 Å². The van der Waals surface area contributed by atoms with E-state index in [2.05, 4.69) is 4.98 Å². The van der Waals surface area contributed by atoms with Gasteiger partial charge in [-0.25, -0.2) is 9.78 Å². The number of nitriles is 1. The number of aromatic nitrogens is 3. The van der Waals surface area contributed by atoms with Gasteiger partial charge in [-0.15, -0.1) is 11.3 Å². The predicted octanol–water partition coefficient (Wildman–Crippen LogP) is 6.22. The molecule has 0 bridgehead atoms. The summed E-state index contributed by atoms with van der Waals surface area (Å²) in [6, 6.07) is 7.29. The molecule has 0 fully saturated rings. The summed E-state index contributed by atoms with van der Waals surface area (Å²) < 4.78 is 49.7. The Morgan fingerprint density at radius 1 is 1.14 bits per heavy atom. The lowest BCUT2D eigenvalue weighted by atomic mass is 9.98. The van der Waals surface area contributed by atoms with E-state index in [1.807, 2.05) is 0 Å². The van der Waals surface area contributed by atoms with Crippen LogP contribution in [-0.4, -0.2) is 31.8 Å². The van der Waals surface area contributed by atoms with Crippen LogP contribution in [0.3, 0.4) is 0 Å². The molecule has 0 spiro atoms. The minimum atomic E-state index is -4.73. The minimum Gasteiger partial charge on any atom is -0.491 e. The number of aryl methyl sites for hydroxylation is 3. The van der Waals surface area contributed by atoms with Crippen LogP contribution in [0.15, 0.2) is 40.1 Å². The van der Waals surface area contributed by atoms with E-state index in [1.54, 1.807) is 37.4 Å². The molecule has 3 aromatic heterocycles. The molecule has 0 aliphatic carbocycles. The van der Waals surface area contributed by atoms with Crippen molar-refractivity contribution in [2.45, 2.75) is 33.5 Å². The van der Waals surface area contributed by atoms with Crippen LogP contribution in [0.1, 0.15) is 37.7 Å². The first-order valence-electron chi connectivity index (χ1n) is 13.0. The van der Waals surface area contributed by atoms with E-state index in [1.165, 1.54) is 23.1 Å². The Hall–Kier alpha value is -4.67. The summed E-state index contributed by atoms with van der Waals surface area (Å²) in [7, 11) is 1.51. The summed E-state index contributed by atoms with van der Waals surface area (Å²) in [5.41, 5.74) is -2.27. The van der Waals surface area contributed by atoms with Crippen LogP contribution in [0.2, 0.25) is 5.02 Å². The first kappa shape index (κ1) is 30.8. The maximum Gasteiger partial charge on any atom is 0.416 e. The molecule has 5 rings (SSSR count). The monoisotopic (exact) mass is 642 g/mol. The number of rotatable bonds is 6.